The van der Waals surface area contributed by atoms with Crippen LogP contribution >= 0.6 is 11.6 Å². The number of aliphatic hydroxyl groups excluding tert-OH is 1. The number of nitrogens with zero attached hydrogens (tertiary/aromatic N) is 3. The minimum absolute atomic E-state index is 0.148. The summed E-state index contributed by atoms with van der Waals surface area (Å²) in [6, 6.07) is 3.60. The van der Waals surface area contributed by atoms with Crippen LogP contribution in [0.25, 0.3) is 0 Å². The Labute approximate surface area is 206 Å². The molecule has 0 saturated carbocycles. The number of β-amino-alcohol motifs (C(OH)–C–C–N with tert-alkyl or cyclic N) is 1. The Morgan fingerprint density at radius 1 is 1.21 bits per heavy atom. The van der Waals surface area contributed by atoms with E-state index in [1.54, 1.807) is 12.4 Å². The first-order valence-electron chi connectivity index (χ1n) is 12.1. The molecule has 1 amide bonds. The molecule has 3 N–H and O–H groups in total. The summed E-state index contributed by atoms with van der Waals surface area (Å²) >= 11 is 5.88. The molecule has 3 heterocycles. The average molecular weight is 488 g/mol. The molecule has 1 aromatic carbocycles. The van der Waals surface area contributed by atoms with Crippen LogP contribution in [0.2, 0.25) is 5.02 Å². The van der Waals surface area contributed by atoms with Crippen molar-refractivity contribution >= 4 is 23.5 Å². The number of nitrogens with one attached hydrogen (secondary N) is 2. The van der Waals surface area contributed by atoms with Crippen molar-refractivity contribution in [2.75, 3.05) is 37.7 Å². The number of ether oxygens (including phenoxy) is 1. The Hall–Kier alpha value is -2.42. The number of benzene rings is 1. The van der Waals surface area contributed by atoms with Crippen LogP contribution in [-0.2, 0) is 0 Å². The fourth-order valence-corrected chi connectivity index (χ4v) is 4.97. The summed E-state index contributed by atoms with van der Waals surface area (Å²) in [7, 11) is 0. The van der Waals surface area contributed by atoms with Crippen molar-refractivity contribution < 1.29 is 14.6 Å². The Bertz CT molecular complexity index is 956. The number of amides is 1. The van der Waals surface area contributed by atoms with Gasteiger partial charge >= 0.3 is 0 Å². The molecule has 0 spiro atoms. The number of carbonyl (C=O) groups is 1. The molecule has 0 bridgehead atoms. The van der Waals surface area contributed by atoms with E-state index in [4.69, 9.17) is 16.3 Å². The molecule has 8 nitrogen and oxygen atoms in total. The summed E-state index contributed by atoms with van der Waals surface area (Å²) in [5.74, 6) is 2.08. The average Bonchev–Trinajstić information content (AvgIpc) is 3.21. The van der Waals surface area contributed by atoms with Crippen molar-refractivity contribution in [1.29, 1.82) is 0 Å². The van der Waals surface area contributed by atoms with Crippen LogP contribution in [0.15, 0.2) is 24.5 Å². The van der Waals surface area contributed by atoms with Crippen molar-refractivity contribution in [3.05, 3.63) is 46.2 Å². The van der Waals surface area contributed by atoms with Gasteiger partial charge < -0.3 is 25.4 Å². The van der Waals surface area contributed by atoms with E-state index in [2.05, 4.69) is 25.5 Å². The van der Waals surface area contributed by atoms with E-state index >= 15 is 0 Å². The number of aliphatic hydroxyl groups is 1. The van der Waals surface area contributed by atoms with E-state index < -0.39 is 6.10 Å². The van der Waals surface area contributed by atoms with Crippen molar-refractivity contribution in [3.63, 3.8) is 0 Å². The Kier molecular flexibility index (Phi) is 8.24. The van der Waals surface area contributed by atoms with Crippen LogP contribution in [0.4, 0.5) is 5.95 Å². The third kappa shape index (κ3) is 6.17. The van der Waals surface area contributed by atoms with Crippen molar-refractivity contribution in [3.8, 4) is 5.75 Å². The Balaban J connectivity index is 1.21. The first-order chi connectivity index (χ1) is 16.4. The molecule has 0 radical (unpaired) electrons. The number of hydrogen-bond donors (Lipinski definition) is 3. The molecule has 1 aromatic heterocycles. The van der Waals surface area contributed by atoms with E-state index in [0.29, 0.717) is 36.2 Å². The largest absolute Gasteiger partial charge is 0.494 e. The first-order valence-corrected chi connectivity index (χ1v) is 12.4. The summed E-state index contributed by atoms with van der Waals surface area (Å²) < 4.78 is 6.02. The highest BCUT2D eigenvalue weighted by Crippen LogP contribution is 2.26. The number of hydrogen-bond acceptors (Lipinski definition) is 7. The molecule has 4 rings (SSSR count). The molecule has 2 saturated heterocycles. The summed E-state index contributed by atoms with van der Waals surface area (Å²) in [4.78, 5) is 23.6. The van der Waals surface area contributed by atoms with Crippen LogP contribution in [0.3, 0.4) is 0 Å². The fraction of sp³-hybridized carbons (Fsp3) is 0.560. The number of rotatable bonds is 8. The molecule has 2 aliphatic heterocycles. The fourth-order valence-electron chi connectivity index (χ4n) is 4.87. The van der Waals surface area contributed by atoms with Gasteiger partial charge in [-0.15, -0.1) is 0 Å². The van der Waals surface area contributed by atoms with Crippen LogP contribution in [0.5, 0.6) is 5.75 Å². The van der Waals surface area contributed by atoms with Crippen LogP contribution < -0.4 is 20.3 Å². The molecule has 2 aliphatic rings. The normalized spacial score (nSPS) is 21.0. The molecule has 184 valence electrons. The molecule has 34 heavy (non-hydrogen) atoms. The van der Waals surface area contributed by atoms with Gasteiger partial charge in [0.25, 0.3) is 5.91 Å². The lowest BCUT2D eigenvalue weighted by molar-refractivity contribution is 0.0887. The van der Waals surface area contributed by atoms with Crippen molar-refractivity contribution in [2.45, 2.75) is 51.7 Å². The predicted octanol–water partition coefficient (Wildman–Crippen LogP) is 2.88. The maximum absolute atomic E-state index is 12.8. The molecule has 9 heteroatoms. The van der Waals surface area contributed by atoms with Crippen LogP contribution in [-0.4, -0.2) is 65.9 Å². The molecule has 0 unspecified atom stereocenters. The maximum atomic E-state index is 12.8. The zero-order chi connectivity index (χ0) is 24.1. The summed E-state index contributed by atoms with van der Waals surface area (Å²) in [5, 5.41) is 16.5. The van der Waals surface area contributed by atoms with Gasteiger partial charge in [0.15, 0.2) is 0 Å². The lowest BCUT2D eigenvalue weighted by Crippen LogP contribution is -2.43. The standard InChI is InChI=1S/C25H34ClN5O3/c1-16-10-20(11-17(2)23(16)24(33)30-21-14-27-15-22(21)32)34-9-3-4-18-5-7-31(8-6-18)25-28-12-19(26)13-29-25/h10-13,18,21-22,27,32H,3-9,14-15H2,1-2H3,(H,30,33)/t21-,22+/m1/s1. The van der Waals surface area contributed by atoms with E-state index in [-0.39, 0.29) is 11.9 Å². The quantitative estimate of drug-likeness (QED) is 0.492. The van der Waals surface area contributed by atoms with Gasteiger partial charge in [-0.25, -0.2) is 9.97 Å². The van der Waals surface area contributed by atoms with Crippen LogP contribution in [0, 0.1) is 19.8 Å². The molecule has 2 aromatic rings. The predicted molar refractivity (Wildman–Crippen MR) is 133 cm³/mol. The minimum Gasteiger partial charge on any atom is -0.494 e. The highest BCUT2D eigenvalue weighted by atomic mass is 35.5. The second kappa shape index (κ2) is 11.3. The molecule has 2 fully saturated rings. The third-order valence-electron chi connectivity index (χ3n) is 6.76. The van der Waals surface area contributed by atoms with E-state index in [1.807, 2.05) is 26.0 Å². The second-order valence-corrected chi connectivity index (χ2v) is 9.80. The number of halogens is 1. The monoisotopic (exact) mass is 487 g/mol. The molecule has 2 atom stereocenters. The highest BCUT2D eigenvalue weighted by Gasteiger charge is 2.27. The van der Waals surface area contributed by atoms with Gasteiger partial charge in [0.1, 0.15) is 5.75 Å². The smallest absolute Gasteiger partial charge is 0.252 e. The molecular formula is C25H34ClN5O3. The summed E-state index contributed by atoms with van der Waals surface area (Å²) in [5.41, 5.74) is 2.41. The zero-order valence-electron chi connectivity index (χ0n) is 19.9. The van der Waals surface area contributed by atoms with E-state index in [1.165, 1.54) is 0 Å². The lowest BCUT2D eigenvalue weighted by Gasteiger charge is -2.32. The van der Waals surface area contributed by atoms with Crippen molar-refractivity contribution in [2.24, 2.45) is 5.92 Å². The summed E-state index contributed by atoms with van der Waals surface area (Å²) in [6.45, 7) is 7.52. The first kappa shape index (κ1) is 24.7. The zero-order valence-corrected chi connectivity index (χ0v) is 20.6. The topological polar surface area (TPSA) is 99.6 Å². The minimum atomic E-state index is -0.551. The van der Waals surface area contributed by atoms with Crippen LogP contribution in [0.1, 0.15) is 47.2 Å². The molecular weight excluding hydrogens is 454 g/mol. The SMILES string of the molecule is Cc1cc(OCCCC2CCN(c3ncc(Cl)cn3)CC2)cc(C)c1C(=O)N[C@@H]1CNC[C@@H]1O. The second-order valence-electron chi connectivity index (χ2n) is 9.36. The van der Waals surface area contributed by atoms with E-state index in [9.17, 15) is 9.90 Å². The van der Waals surface area contributed by atoms with Gasteiger partial charge in [-0.1, -0.05) is 11.6 Å². The van der Waals surface area contributed by atoms with Crippen molar-refractivity contribution in [1.82, 2.24) is 20.6 Å². The van der Waals surface area contributed by atoms with Gasteiger partial charge in [-0.3, -0.25) is 4.79 Å². The van der Waals surface area contributed by atoms with Gasteiger partial charge in [0.05, 0.1) is 36.2 Å². The van der Waals surface area contributed by atoms with Gasteiger partial charge in [0, 0.05) is 31.7 Å². The number of anilines is 1. The highest BCUT2D eigenvalue weighted by molar-refractivity contribution is 6.30. The number of carbonyl (C=O) groups excluding carboxylic acids is 1. The Morgan fingerprint density at radius 3 is 2.50 bits per heavy atom. The van der Waals surface area contributed by atoms with Gasteiger partial charge in [-0.2, -0.15) is 0 Å². The number of aromatic nitrogens is 2. The summed E-state index contributed by atoms with van der Waals surface area (Å²) in [6.07, 6.45) is 7.12. The number of aryl methyl sites for hydroxylation is 2. The maximum Gasteiger partial charge on any atom is 0.252 e. The van der Waals surface area contributed by atoms with Gasteiger partial charge in [0.2, 0.25) is 5.95 Å². The number of piperidine rings is 1. The van der Waals surface area contributed by atoms with Gasteiger partial charge in [-0.05, 0) is 68.7 Å². The lowest BCUT2D eigenvalue weighted by atomic mass is 9.92. The van der Waals surface area contributed by atoms with E-state index in [0.717, 1.165) is 61.6 Å². The Morgan fingerprint density at radius 2 is 1.88 bits per heavy atom. The third-order valence-corrected chi connectivity index (χ3v) is 6.96. The molecule has 0 aliphatic carbocycles.